The second-order valence-electron chi connectivity index (χ2n) is 7.32. The third-order valence-electron chi connectivity index (χ3n) is 5.35. The lowest BCUT2D eigenvalue weighted by molar-refractivity contribution is -0.117. The topological polar surface area (TPSA) is 62.8 Å². The van der Waals surface area contributed by atoms with Gasteiger partial charge in [0.05, 0.1) is 20.3 Å². The highest BCUT2D eigenvalue weighted by molar-refractivity contribution is 7.80. The van der Waals surface area contributed by atoms with Crippen molar-refractivity contribution in [2.75, 3.05) is 31.0 Å². The van der Waals surface area contributed by atoms with Gasteiger partial charge in [-0.2, -0.15) is 0 Å². The van der Waals surface area contributed by atoms with Crippen molar-refractivity contribution in [3.05, 3.63) is 47.5 Å². The van der Waals surface area contributed by atoms with Gasteiger partial charge in [-0.15, -0.1) is 0 Å². The summed E-state index contributed by atoms with van der Waals surface area (Å²) in [6.07, 6.45) is 2.36. The highest BCUT2D eigenvalue weighted by atomic mass is 32.1. The summed E-state index contributed by atoms with van der Waals surface area (Å²) in [5.74, 6) is 1.56. The highest BCUT2D eigenvalue weighted by Gasteiger charge is 2.23. The van der Waals surface area contributed by atoms with Crippen LogP contribution in [0.5, 0.6) is 11.5 Å². The van der Waals surface area contributed by atoms with Crippen molar-refractivity contribution in [3.63, 3.8) is 0 Å². The molecule has 0 aromatic heterocycles. The molecule has 0 unspecified atom stereocenters. The van der Waals surface area contributed by atoms with Crippen LogP contribution in [0.2, 0.25) is 0 Å². The van der Waals surface area contributed by atoms with Crippen LogP contribution in [0, 0.1) is 6.92 Å². The number of amides is 1. The zero-order valence-corrected chi connectivity index (χ0v) is 18.8. The summed E-state index contributed by atoms with van der Waals surface area (Å²) in [6, 6.07) is 11.9. The van der Waals surface area contributed by atoms with Crippen LogP contribution < -0.4 is 25.0 Å². The predicted molar refractivity (Wildman–Crippen MR) is 125 cm³/mol. The monoisotopic (exact) mass is 427 g/mol. The second-order valence-corrected chi connectivity index (χ2v) is 7.73. The van der Waals surface area contributed by atoms with Gasteiger partial charge in [-0.1, -0.05) is 19.1 Å². The first-order valence-electron chi connectivity index (χ1n) is 10.2. The Labute approximate surface area is 183 Å². The number of nitrogens with one attached hydrogen (secondary N) is 2. The number of anilines is 2. The van der Waals surface area contributed by atoms with Crippen LogP contribution in [0.15, 0.2) is 36.4 Å². The normalized spacial score (nSPS) is 14.4. The van der Waals surface area contributed by atoms with Crippen molar-refractivity contribution in [2.45, 2.75) is 39.2 Å². The van der Waals surface area contributed by atoms with Gasteiger partial charge >= 0.3 is 0 Å². The molecule has 30 heavy (non-hydrogen) atoms. The van der Waals surface area contributed by atoms with Gasteiger partial charge in [0.15, 0.2) is 16.6 Å². The molecule has 2 aromatic carbocycles. The number of hydrogen-bond donors (Lipinski definition) is 2. The lowest BCUT2D eigenvalue weighted by atomic mass is 10.0. The number of rotatable bonds is 7. The Bertz CT molecular complexity index is 932. The summed E-state index contributed by atoms with van der Waals surface area (Å²) < 4.78 is 10.7. The fourth-order valence-electron chi connectivity index (χ4n) is 3.70. The van der Waals surface area contributed by atoms with E-state index >= 15 is 0 Å². The third kappa shape index (κ3) is 4.84. The molecule has 1 fully saturated rings. The predicted octanol–water partition coefficient (Wildman–Crippen LogP) is 4.58. The minimum Gasteiger partial charge on any atom is -0.493 e. The number of aryl methyl sites for hydroxylation is 1. The summed E-state index contributed by atoms with van der Waals surface area (Å²) in [4.78, 5) is 14.0. The number of hydrogen-bond acceptors (Lipinski definition) is 4. The maximum Gasteiger partial charge on any atom is 0.227 e. The average Bonchev–Trinajstić information content (AvgIpc) is 3.18. The summed E-state index contributed by atoms with van der Waals surface area (Å²) in [5.41, 5.74) is 3.94. The van der Waals surface area contributed by atoms with Crippen LogP contribution in [0.1, 0.15) is 43.4 Å². The van der Waals surface area contributed by atoms with Crippen molar-refractivity contribution in [2.24, 2.45) is 0 Å². The molecule has 0 spiro atoms. The Morgan fingerprint density at radius 1 is 1.17 bits per heavy atom. The van der Waals surface area contributed by atoms with E-state index in [2.05, 4.69) is 17.6 Å². The molecule has 1 heterocycles. The molecular formula is C23H29N3O3S. The van der Waals surface area contributed by atoms with Crippen molar-refractivity contribution >= 4 is 34.6 Å². The lowest BCUT2D eigenvalue weighted by Gasteiger charge is -2.22. The Kier molecular flexibility index (Phi) is 7.15. The van der Waals surface area contributed by atoms with E-state index in [1.165, 1.54) is 0 Å². The minimum absolute atomic E-state index is 0.0230. The van der Waals surface area contributed by atoms with Crippen LogP contribution in [0.4, 0.5) is 11.4 Å². The quantitative estimate of drug-likeness (QED) is 0.631. The van der Waals surface area contributed by atoms with E-state index in [1.807, 2.05) is 48.2 Å². The fourth-order valence-corrected chi connectivity index (χ4v) is 3.96. The molecule has 1 saturated heterocycles. The molecule has 0 bridgehead atoms. The van der Waals surface area contributed by atoms with E-state index in [1.54, 1.807) is 14.2 Å². The molecule has 1 aliphatic rings. The molecule has 160 valence electrons. The van der Waals surface area contributed by atoms with Gasteiger partial charge in [-0.3, -0.25) is 4.79 Å². The zero-order chi connectivity index (χ0) is 21.7. The van der Waals surface area contributed by atoms with Gasteiger partial charge < -0.3 is 25.0 Å². The molecule has 6 nitrogen and oxygen atoms in total. The van der Waals surface area contributed by atoms with Crippen molar-refractivity contribution in [3.8, 4) is 11.5 Å². The summed E-state index contributed by atoms with van der Waals surface area (Å²) in [6.45, 7) is 4.88. The maximum atomic E-state index is 12.1. The number of thiocarbonyl (C=S) groups is 1. The molecule has 0 saturated carbocycles. The summed E-state index contributed by atoms with van der Waals surface area (Å²) in [5, 5.41) is 7.16. The van der Waals surface area contributed by atoms with Gasteiger partial charge in [0.25, 0.3) is 0 Å². The van der Waals surface area contributed by atoms with Gasteiger partial charge in [0.2, 0.25) is 5.91 Å². The van der Waals surface area contributed by atoms with Crippen LogP contribution in [0.3, 0.4) is 0 Å². The smallest absolute Gasteiger partial charge is 0.227 e. The maximum absolute atomic E-state index is 12.1. The van der Waals surface area contributed by atoms with E-state index in [9.17, 15) is 4.79 Å². The molecule has 1 amide bonds. The SMILES string of the molecule is CC[C@@H](NC(=S)Nc1ccc(C)c(N2CCCC2=O)c1)c1ccc(OC)c(OC)c1. The van der Waals surface area contributed by atoms with E-state index in [0.717, 1.165) is 41.9 Å². The summed E-state index contributed by atoms with van der Waals surface area (Å²) in [7, 11) is 3.25. The van der Waals surface area contributed by atoms with Gasteiger partial charge in [0.1, 0.15) is 0 Å². The Morgan fingerprint density at radius 2 is 1.93 bits per heavy atom. The van der Waals surface area contributed by atoms with Gasteiger partial charge in [0, 0.05) is 24.3 Å². The van der Waals surface area contributed by atoms with Crippen LogP contribution >= 0.6 is 12.2 Å². The van der Waals surface area contributed by atoms with Crippen molar-refractivity contribution in [1.82, 2.24) is 5.32 Å². The Hall–Kier alpha value is -2.80. The lowest BCUT2D eigenvalue weighted by Crippen LogP contribution is -2.32. The van der Waals surface area contributed by atoms with E-state index in [4.69, 9.17) is 21.7 Å². The third-order valence-corrected chi connectivity index (χ3v) is 5.57. The molecule has 1 aliphatic heterocycles. The molecular weight excluding hydrogens is 398 g/mol. The molecule has 7 heteroatoms. The van der Waals surface area contributed by atoms with E-state index in [0.29, 0.717) is 23.0 Å². The minimum atomic E-state index is 0.0230. The number of benzene rings is 2. The van der Waals surface area contributed by atoms with Crippen molar-refractivity contribution in [1.29, 1.82) is 0 Å². The molecule has 0 aliphatic carbocycles. The molecule has 1 atom stereocenters. The fraction of sp³-hybridized carbons (Fsp3) is 0.391. The largest absolute Gasteiger partial charge is 0.493 e. The van der Waals surface area contributed by atoms with Gasteiger partial charge in [-0.05, 0) is 67.4 Å². The first-order chi connectivity index (χ1) is 14.5. The Balaban J connectivity index is 1.72. The second kappa shape index (κ2) is 9.80. The van der Waals surface area contributed by atoms with E-state index in [-0.39, 0.29) is 11.9 Å². The first-order valence-corrected chi connectivity index (χ1v) is 10.6. The molecule has 2 N–H and O–H groups in total. The molecule has 3 rings (SSSR count). The Morgan fingerprint density at radius 3 is 2.57 bits per heavy atom. The average molecular weight is 428 g/mol. The number of ether oxygens (including phenoxy) is 2. The number of nitrogens with zero attached hydrogens (tertiary/aromatic N) is 1. The van der Waals surface area contributed by atoms with Crippen molar-refractivity contribution < 1.29 is 14.3 Å². The molecule has 2 aromatic rings. The summed E-state index contributed by atoms with van der Waals surface area (Å²) >= 11 is 5.56. The number of carbonyl (C=O) groups is 1. The highest BCUT2D eigenvalue weighted by Crippen LogP contribution is 2.31. The van der Waals surface area contributed by atoms with Gasteiger partial charge in [-0.25, -0.2) is 0 Å². The standard InChI is InChI=1S/C23H29N3O3S/c1-5-18(16-9-11-20(28-3)21(13-16)29-4)25-23(30)24-17-10-8-15(2)19(14-17)26-12-6-7-22(26)27/h8-11,13-14,18H,5-7,12H2,1-4H3,(H2,24,25,30)/t18-/m1/s1. The number of methoxy groups -OCH3 is 2. The van der Waals surface area contributed by atoms with Crippen LogP contribution in [-0.4, -0.2) is 31.8 Å². The molecule has 0 radical (unpaired) electrons. The van der Waals surface area contributed by atoms with Crippen LogP contribution in [-0.2, 0) is 4.79 Å². The number of carbonyl (C=O) groups excluding carboxylic acids is 1. The van der Waals surface area contributed by atoms with E-state index < -0.39 is 0 Å². The zero-order valence-electron chi connectivity index (χ0n) is 18.0. The first kappa shape index (κ1) is 21.9. The van der Waals surface area contributed by atoms with Crippen LogP contribution in [0.25, 0.3) is 0 Å².